The monoisotopic (exact) mass is 298 g/mol. The van der Waals surface area contributed by atoms with Crippen molar-refractivity contribution in [3.05, 3.63) is 47.8 Å². The van der Waals surface area contributed by atoms with Crippen molar-refractivity contribution in [3.63, 3.8) is 0 Å². The summed E-state index contributed by atoms with van der Waals surface area (Å²) >= 11 is 0. The van der Waals surface area contributed by atoms with Gasteiger partial charge < -0.3 is 15.2 Å². The van der Waals surface area contributed by atoms with E-state index in [1.54, 1.807) is 30.5 Å². The number of phenols is 1. The number of carbonyl (C=O) groups excluding carboxylic acids is 1. The molecule has 1 aliphatic carbocycles. The lowest BCUT2D eigenvalue weighted by atomic mass is 9.95. The number of rotatable bonds is 4. The topological polar surface area (TPSA) is 71.5 Å². The Morgan fingerprint density at radius 1 is 1.23 bits per heavy atom. The van der Waals surface area contributed by atoms with Gasteiger partial charge in [0.1, 0.15) is 11.5 Å². The first-order valence-electron chi connectivity index (χ1n) is 7.41. The van der Waals surface area contributed by atoms with E-state index < -0.39 is 0 Å². The van der Waals surface area contributed by atoms with Crippen molar-refractivity contribution in [2.75, 3.05) is 11.9 Å². The Labute approximate surface area is 129 Å². The van der Waals surface area contributed by atoms with Crippen LogP contribution < -0.4 is 10.1 Å². The van der Waals surface area contributed by atoms with E-state index in [1.165, 1.54) is 6.07 Å². The molecule has 1 heterocycles. The van der Waals surface area contributed by atoms with E-state index in [-0.39, 0.29) is 18.3 Å². The Kier molecular flexibility index (Phi) is 4.23. The average molecular weight is 298 g/mol. The van der Waals surface area contributed by atoms with Crippen molar-refractivity contribution < 1.29 is 14.6 Å². The maximum absolute atomic E-state index is 11.9. The number of aromatic nitrogens is 1. The fourth-order valence-corrected chi connectivity index (χ4v) is 2.64. The number of nitrogens with zero attached hydrogens (tertiary/aromatic N) is 1. The van der Waals surface area contributed by atoms with Crippen LogP contribution in [0.3, 0.4) is 0 Å². The molecule has 1 aromatic heterocycles. The van der Waals surface area contributed by atoms with Gasteiger partial charge in [0.2, 0.25) is 0 Å². The third-order valence-electron chi connectivity index (χ3n) is 3.73. The summed E-state index contributed by atoms with van der Waals surface area (Å²) in [5, 5.41) is 12.3. The number of benzene rings is 1. The smallest absolute Gasteiger partial charge is 0.262 e. The van der Waals surface area contributed by atoms with E-state index in [0.717, 1.165) is 42.7 Å². The van der Waals surface area contributed by atoms with E-state index in [2.05, 4.69) is 10.3 Å². The Morgan fingerprint density at radius 2 is 2.05 bits per heavy atom. The minimum absolute atomic E-state index is 0.0390. The Balaban J connectivity index is 1.63. The molecule has 0 spiro atoms. The van der Waals surface area contributed by atoms with E-state index in [9.17, 15) is 9.90 Å². The second-order valence-electron chi connectivity index (χ2n) is 5.30. The summed E-state index contributed by atoms with van der Waals surface area (Å²) < 4.78 is 5.64. The number of aryl methyl sites for hydroxylation is 1. The molecule has 1 amide bonds. The number of fused-ring (bicyclic) bond motifs is 1. The Hall–Kier alpha value is -2.56. The zero-order valence-electron chi connectivity index (χ0n) is 12.2. The van der Waals surface area contributed by atoms with Crippen LogP contribution >= 0.6 is 0 Å². The van der Waals surface area contributed by atoms with Crippen LogP contribution in [0.25, 0.3) is 0 Å². The van der Waals surface area contributed by atoms with Gasteiger partial charge in [0.05, 0.1) is 5.69 Å². The van der Waals surface area contributed by atoms with E-state index >= 15 is 0 Å². The highest BCUT2D eigenvalue weighted by Gasteiger charge is 2.16. The zero-order chi connectivity index (χ0) is 15.4. The van der Waals surface area contributed by atoms with Gasteiger partial charge in [0.25, 0.3) is 5.91 Å². The van der Waals surface area contributed by atoms with E-state index in [1.807, 2.05) is 0 Å². The number of pyridine rings is 1. The van der Waals surface area contributed by atoms with Crippen LogP contribution in [0, 0.1) is 0 Å². The Bertz CT molecular complexity index is 685. The van der Waals surface area contributed by atoms with Crippen molar-refractivity contribution in [3.8, 4) is 11.5 Å². The second kappa shape index (κ2) is 6.47. The van der Waals surface area contributed by atoms with Gasteiger partial charge >= 0.3 is 0 Å². The fourth-order valence-electron chi connectivity index (χ4n) is 2.64. The van der Waals surface area contributed by atoms with Crippen LogP contribution in [0.15, 0.2) is 36.5 Å². The minimum Gasteiger partial charge on any atom is -0.506 e. The molecule has 0 saturated heterocycles. The number of phenolic OH excluding ortho intramolecular Hbond substituents is 1. The van der Waals surface area contributed by atoms with Crippen molar-refractivity contribution in [2.45, 2.75) is 25.7 Å². The molecule has 3 rings (SSSR count). The Morgan fingerprint density at radius 3 is 2.91 bits per heavy atom. The zero-order valence-corrected chi connectivity index (χ0v) is 12.2. The van der Waals surface area contributed by atoms with Gasteiger partial charge in [0, 0.05) is 17.5 Å². The van der Waals surface area contributed by atoms with Crippen LogP contribution in [-0.2, 0) is 17.6 Å². The molecular formula is C17H18N2O3. The minimum atomic E-state index is -0.303. The molecule has 0 saturated carbocycles. The van der Waals surface area contributed by atoms with E-state index in [0.29, 0.717) is 5.69 Å². The van der Waals surface area contributed by atoms with Crippen LogP contribution in [0.4, 0.5) is 5.69 Å². The van der Waals surface area contributed by atoms with Crippen molar-refractivity contribution in [2.24, 2.45) is 0 Å². The maximum atomic E-state index is 11.9. The molecule has 5 heteroatoms. The number of hydrogen-bond donors (Lipinski definition) is 2. The number of ether oxygens (including phenoxy) is 1. The van der Waals surface area contributed by atoms with E-state index in [4.69, 9.17) is 4.74 Å². The summed E-state index contributed by atoms with van der Waals surface area (Å²) in [5.74, 6) is 0.470. The predicted octanol–water partition coefficient (Wildman–Crippen LogP) is 2.68. The number of anilines is 1. The van der Waals surface area contributed by atoms with Crippen LogP contribution in [0.2, 0.25) is 0 Å². The van der Waals surface area contributed by atoms with Gasteiger partial charge in [0.15, 0.2) is 6.61 Å². The lowest BCUT2D eigenvalue weighted by Crippen LogP contribution is -2.21. The molecule has 22 heavy (non-hydrogen) atoms. The fraction of sp³-hybridized carbons (Fsp3) is 0.294. The summed E-state index contributed by atoms with van der Waals surface area (Å²) in [7, 11) is 0. The molecular weight excluding hydrogens is 280 g/mol. The highest BCUT2D eigenvalue weighted by atomic mass is 16.5. The normalized spacial score (nSPS) is 13.3. The molecule has 2 N–H and O–H groups in total. The number of para-hydroxylation sites is 2. The third-order valence-corrected chi connectivity index (χ3v) is 3.73. The quantitative estimate of drug-likeness (QED) is 0.851. The summed E-state index contributed by atoms with van der Waals surface area (Å²) in [4.78, 5) is 16.3. The lowest BCUT2D eigenvalue weighted by molar-refractivity contribution is -0.118. The summed E-state index contributed by atoms with van der Waals surface area (Å²) in [6, 6.07) is 8.41. The molecule has 2 aromatic rings. The molecule has 114 valence electrons. The second-order valence-corrected chi connectivity index (χ2v) is 5.30. The SMILES string of the molecule is O=C(COc1ccnc2c1CCCC2)Nc1ccccc1O. The number of carbonyl (C=O) groups is 1. The predicted molar refractivity (Wildman–Crippen MR) is 83.1 cm³/mol. The number of nitrogens with one attached hydrogen (secondary N) is 1. The van der Waals surface area contributed by atoms with Crippen molar-refractivity contribution in [1.82, 2.24) is 4.98 Å². The van der Waals surface area contributed by atoms with Gasteiger partial charge in [-0.1, -0.05) is 12.1 Å². The van der Waals surface area contributed by atoms with Crippen LogP contribution in [0.5, 0.6) is 11.5 Å². The van der Waals surface area contributed by atoms with Gasteiger partial charge in [-0.2, -0.15) is 0 Å². The molecule has 0 radical (unpaired) electrons. The van der Waals surface area contributed by atoms with Gasteiger partial charge in [-0.3, -0.25) is 9.78 Å². The summed E-state index contributed by atoms with van der Waals surface area (Å²) in [6.45, 7) is -0.0925. The first-order chi connectivity index (χ1) is 10.7. The molecule has 0 atom stereocenters. The first kappa shape index (κ1) is 14.4. The number of amides is 1. The van der Waals surface area contributed by atoms with Gasteiger partial charge in [-0.05, 0) is 43.9 Å². The molecule has 0 fully saturated rings. The lowest BCUT2D eigenvalue weighted by Gasteiger charge is -2.18. The van der Waals surface area contributed by atoms with Crippen LogP contribution in [-0.4, -0.2) is 22.6 Å². The van der Waals surface area contributed by atoms with Crippen LogP contribution in [0.1, 0.15) is 24.1 Å². The molecule has 1 aromatic carbocycles. The van der Waals surface area contributed by atoms with Gasteiger partial charge in [-0.25, -0.2) is 0 Å². The van der Waals surface area contributed by atoms with Crippen molar-refractivity contribution in [1.29, 1.82) is 0 Å². The molecule has 1 aliphatic rings. The molecule has 0 unspecified atom stereocenters. The standard InChI is InChI=1S/C17H18N2O3/c20-15-8-4-3-7-14(15)19-17(21)11-22-16-9-10-18-13-6-2-1-5-12(13)16/h3-4,7-10,20H,1-2,5-6,11H2,(H,19,21). The summed E-state index contributed by atoms with van der Waals surface area (Å²) in [5.41, 5.74) is 2.57. The number of aromatic hydroxyl groups is 1. The van der Waals surface area contributed by atoms with Crippen molar-refractivity contribution >= 4 is 11.6 Å². The number of hydrogen-bond acceptors (Lipinski definition) is 4. The molecule has 0 bridgehead atoms. The largest absolute Gasteiger partial charge is 0.506 e. The highest BCUT2D eigenvalue weighted by Crippen LogP contribution is 2.28. The molecule has 0 aliphatic heterocycles. The van der Waals surface area contributed by atoms with Gasteiger partial charge in [-0.15, -0.1) is 0 Å². The summed E-state index contributed by atoms with van der Waals surface area (Å²) in [6.07, 6.45) is 5.91. The molecule has 5 nitrogen and oxygen atoms in total. The average Bonchev–Trinajstić information content (AvgIpc) is 2.55. The first-order valence-corrected chi connectivity index (χ1v) is 7.41. The third kappa shape index (κ3) is 3.19. The highest BCUT2D eigenvalue weighted by molar-refractivity contribution is 5.93. The maximum Gasteiger partial charge on any atom is 0.262 e.